The third kappa shape index (κ3) is 4.47. The van der Waals surface area contributed by atoms with Gasteiger partial charge in [-0.15, -0.1) is 0 Å². The summed E-state index contributed by atoms with van der Waals surface area (Å²) >= 11 is 6.66. The first-order valence-corrected chi connectivity index (χ1v) is 10.9. The summed E-state index contributed by atoms with van der Waals surface area (Å²) in [5, 5.41) is 19.6. The number of aromatic hydroxyl groups is 1. The molecular formula is C23H20Br2N2O2. The van der Waals surface area contributed by atoms with Crippen LogP contribution in [0.4, 0.5) is 0 Å². The minimum Gasteiger partial charge on any atom is -0.505 e. The Balaban J connectivity index is 1.98. The van der Waals surface area contributed by atoms with Gasteiger partial charge in [-0.3, -0.25) is 4.79 Å². The maximum atomic E-state index is 12.8. The summed E-state index contributed by atoms with van der Waals surface area (Å²) < 4.78 is 2.41. The van der Waals surface area contributed by atoms with E-state index >= 15 is 0 Å². The van der Waals surface area contributed by atoms with Gasteiger partial charge in [-0.1, -0.05) is 55.8 Å². The van der Waals surface area contributed by atoms with Gasteiger partial charge < -0.3 is 9.67 Å². The number of nitrogens with zero attached hydrogens (tertiary/aromatic N) is 2. The molecule has 0 aliphatic heterocycles. The van der Waals surface area contributed by atoms with Crippen LogP contribution < -0.4 is 5.56 Å². The van der Waals surface area contributed by atoms with Crippen LogP contribution in [0, 0.1) is 11.3 Å². The Labute approximate surface area is 186 Å². The second-order valence-corrected chi connectivity index (χ2v) is 8.36. The Morgan fingerprint density at radius 1 is 1.07 bits per heavy atom. The van der Waals surface area contributed by atoms with E-state index in [1.54, 1.807) is 10.6 Å². The fraction of sp³-hybridized carbons (Fsp3) is 0.217. The monoisotopic (exact) mass is 514 g/mol. The van der Waals surface area contributed by atoms with E-state index in [2.05, 4.69) is 44.9 Å². The Morgan fingerprint density at radius 2 is 1.76 bits per heavy atom. The lowest BCUT2D eigenvalue weighted by molar-refractivity contribution is 0.460. The molecule has 1 heterocycles. The summed E-state index contributed by atoms with van der Waals surface area (Å²) in [5.41, 5.74) is 3.97. The molecule has 3 aromatic rings. The SMILES string of the molecule is CCCCc1c(Br)c(O)c(Br)c(=O)n1Cc1ccc(-c2ccccc2C#N)cc1. The predicted octanol–water partition coefficient (Wildman–Crippen LogP) is 6.01. The number of aromatic nitrogens is 1. The van der Waals surface area contributed by atoms with E-state index in [-0.39, 0.29) is 15.8 Å². The Bertz CT molecular complexity index is 1130. The number of halogens is 2. The second-order valence-electron chi connectivity index (χ2n) is 6.77. The lowest BCUT2D eigenvalue weighted by Crippen LogP contribution is -2.25. The molecule has 0 bridgehead atoms. The Kier molecular flexibility index (Phi) is 6.94. The van der Waals surface area contributed by atoms with Crippen LogP contribution in [-0.2, 0) is 13.0 Å². The summed E-state index contributed by atoms with van der Waals surface area (Å²) in [6.07, 6.45) is 2.61. The first kappa shape index (κ1) is 21.4. The van der Waals surface area contributed by atoms with Crippen LogP contribution in [0.3, 0.4) is 0 Å². The molecule has 0 atom stereocenters. The molecule has 3 rings (SSSR count). The number of pyridine rings is 1. The summed E-state index contributed by atoms with van der Waals surface area (Å²) in [7, 11) is 0. The van der Waals surface area contributed by atoms with Crippen LogP contribution in [0.1, 0.15) is 36.6 Å². The van der Waals surface area contributed by atoms with Gasteiger partial charge in [0.15, 0.2) is 5.75 Å². The van der Waals surface area contributed by atoms with E-state index in [9.17, 15) is 15.2 Å². The van der Waals surface area contributed by atoms with E-state index in [0.29, 0.717) is 23.0 Å². The van der Waals surface area contributed by atoms with Gasteiger partial charge in [0.25, 0.3) is 5.56 Å². The van der Waals surface area contributed by atoms with Crippen molar-refractivity contribution >= 4 is 31.9 Å². The van der Waals surface area contributed by atoms with Gasteiger partial charge in [-0.2, -0.15) is 5.26 Å². The molecule has 0 saturated carbocycles. The van der Waals surface area contributed by atoms with Crippen molar-refractivity contribution in [2.45, 2.75) is 32.7 Å². The molecule has 0 radical (unpaired) electrons. The molecule has 2 aromatic carbocycles. The first-order chi connectivity index (χ1) is 14.0. The number of hydrogen-bond donors (Lipinski definition) is 1. The van der Waals surface area contributed by atoms with Crippen LogP contribution in [0.5, 0.6) is 5.75 Å². The highest BCUT2D eigenvalue weighted by molar-refractivity contribution is 9.11. The van der Waals surface area contributed by atoms with Gasteiger partial charge in [-0.25, -0.2) is 0 Å². The molecule has 0 amide bonds. The van der Waals surface area contributed by atoms with Crippen molar-refractivity contribution in [3.05, 3.63) is 84.7 Å². The Hall–Kier alpha value is -2.36. The number of rotatable bonds is 6. The van der Waals surface area contributed by atoms with Gasteiger partial charge in [-0.05, 0) is 67.5 Å². The van der Waals surface area contributed by atoms with Gasteiger partial charge in [0.1, 0.15) is 4.47 Å². The van der Waals surface area contributed by atoms with Crippen LogP contribution in [0.25, 0.3) is 11.1 Å². The molecule has 0 saturated heterocycles. The lowest BCUT2D eigenvalue weighted by atomic mass is 9.99. The molecule has 0 fully saturated rings. The molecule has 0 aliphatic rings. The predicted molar refractivity (Wildman–Crippen MR) is 122 cm³/mol. The van der Waals surface area contributed by atoms with Crippen LogP contribution in [-0.4, -0.2) is 9.67 Å². The highest BCUT2D eigenvalue weighted by Gasteiger charge is 2.18. The minimum atomic E-state index is -0.254. The van der Waals surface area contributed by atoms with E-state index < -0.39 is 0 Å². The van der Waals surface area contributed by atoms with Gasteiger partial charge in [0.05, 0.1) is 22.7 Å². The van der Waals surface area contributed by atoms with E-state index in [4.69, 9.17) is 0 Å². The van der Waals surface area contributed by atoms with E-state index in [0.717, 1.165) is 35.2 Å². The van der Waals surface area contributed by atoms with Crippen molar-refractivity contribution in [1.29, 1.82) is 5.26 Å². The maximum Gasteiger partial charge on any atom is 0.269 e. The van der Waals surface area contributed by atoms with Crippen molar-refractivity contribution in [2.75, 3.05) is 0 Å². The highest BCUT2D eigenvalue weighted by Crippen LogP contribution is 2.33. The zero-order valence-electron chi connectivity index (χ0n) is 16.0. The van der Waals surface area contributed by atoms with E-state index in [1.165, 1.54) is 0 Å². The molecule has 0 spiro atoms. The normalized spacial score (nSPS) is 10.7. The molecule has 6 heteroatoms. The molecular weight excluding hydrogens is 496 g/mol. The highest BCUT2D eigenvalue weighted by atomic mass is 79.9. The van der Waals surface area contributed by atoms with Gasteiger partial charge >= 0.3 is 0 Å². The number of nitriles is 1. The van der Waals surface area contributed by atoms with Crippen molar-refractivity contribution < 1.29 is 5.11 Å². The third-order valence-electron chi connectivity index (χ3n) is 4.85. The number of hydrogen-bond acceptors (Lipinski definition) is 3. The maximum absolute atomic E-state index is 12.8. The van der Waals surface area contributed by atoms with Crippen molar-refractivity contribution in [3.8, 4) is 22.9 Å². The molecule has 4 nitrogen and oxygen atoms in total. The minimum absolute atomic E-state index is 0.0548. The summed E-state index contributed by atoms with van der Waals surface area (Å²) in [4.78, 5) is 12.8. The molecule has 0 unspecified atom stereocenters. The van der Waals surface area contributed by atoms with Crippen molar-refractivity contribution in [3.63, 3.8) is 0 Å². The first-order valence-electron chi connectivity index (χ1n) is 9.36. The smallest absolute Gasteiger partial charge is 0.269 e. The van der Waals surface area contributed by atoms with Crippen LogP contribution >= 0.6 is 31.9 Å². The summed E-state index contributed by atoms with van der Waals surface area (Å²) in [6.45, 7) is 2.49. The molecule has 1 aromatic heterocycles. The fourth-order valence-corrected chi connectivity index (χ4v) is 4.54. The average molecular weight is 516 g/mol. The topological polar surface area (TPSA) is 66.0 Å². The number of unbranched alkanes of at least 4 members (excludes halogenated alkanes) is 1. The second kappa shape index (κ2) is 9.43. The van der Waals surface area contributed by atoms with Gasteiger partial charge in [0.2, 0.25) is 0 Å². The Morgan fingerprint density at radius 3 is 2.41 bits per heavy atom. The molecule has 1 N–H and O–H groups in total. The third-order valence-corrected chi connectivity index (χ3v) is 6.40. The van der Waals surface area contributed by atoms with Crippen LogP contribution in [0.2, 0.25) is 0 Å². The zero-order chi connectivity index (χ0) is 21.0. The molecule has 148 valence electrons. The molecule has 0 aliphatic carbocycles. The van der Waals surface area contributed by atoms with Crippen molar-refractivity contribution in [2.24, 2.45) is 0 Å². The fourth-order valence-electron chi connectivity index (χ4n) is 3.25. The van der Waals surface area contributed by atoms with E-state index in [1.807, 2.05) is 42.5 Å². The largest absolute Gasteiger partial charge is 0.505 e. The standard InChI is InChI=1S/C23H20Br2N2O2/c1-2-3-8-19-20(24)22(28)21(25)23(29)27(19)14-15-9-11-16(12-10-15)18-7-5-4-6-17(18)13-26/h4-7,9-12,28H,2-3,8,14H2,1H3. The summed E-state index contributed by atoms with van der Waals surface area (Å²) in [5.74, 6) is -0.0548. The average Bonchev–Trinajstić information content (AvgIpc) is 2.76. The molecule has 29 heavy (non-hydrogen) atoms. The van der Waals surface area contributed by atoms with Gasteiger partial charge in [0, 0.05) is 5.69 Å². The summed E-state index contributed by atoms with van der Waals surface area (Å²) in [6, 6.07) is 17.6. The number of benzene rings is 2. The van der Waals surface area contributed by atoms with Crippen LogP contribution in [0.15, 0.2) is 62.3 Å². The quantitative estimate of drug-likeness (QED) is 0.437. The zero-order valence-corrected chi connectivity index (χ0v) is 19.1. The lowest BCUT2D eigenvalue weighted by Gasteiger charge is -2.17. The van der Waals surface area contributed by atoms with Crippen molar-refractivity contribution in [1.82, 2.24) is 4.57 Å².